The van der Waals surface area contributed by atoms with Gasteiger partial charge < -0.3 is 5.32 Å². The third-order valence-electron chi connectivity index (χ3n) is 6.52. The van der Waals surface area contributed by atoms with Crippen molar-refractivity contribution in [3.8, 4) is 0 Å². The van der Waals surface area contributed by atoms with Crippen molar-refractivity contribution >= 4 is 28.9 Å². The summed E-state index contributed by atoms with van der Waals surface area (Å²) in [6, 6.07) is 10.5. The first-order valence-electron chi connectivity index (χ1n) is 10.3. The van der Waals surface area contributed by atoms with Crippen molar-refractivity contribution < 1.29 is 18.9 Å². The average Bonchev–Trinajstić information content (AvgIpc) is 3.42. The number of nitro benzene ring substituents is 1. The Morgan fingerprint density at radius 3 is 2.42 bits per heavy atom. The van der Waals surface area contributed by atoms with E-state index in [9.17, 15) is 24.1 Å². The molecule has 1 saturated heterocycles. The summed E-state index contributed by atoms with van der Waals surface area (Å²) < 4.78 is 13.3. The zero-order valence-electron chi connectivity index (χ0n) is 16.5. The molecular formula is C23H20FN3O4. The predicted molar refractivity (Wildman–Crippen MR) is 112 cm³/mol. The Morgan fingerprint density at radius 1 is 1.06 bits per heavy atom. The summed E-state index contributed by atoms with van der Waals surface area (Å²) in [6.07, 6.45) is 5.33. The fourth-order valence-corrected chi connectivity index (χ4v) is 5.15. The average molecular weight is 421 g/mol. The van der Waals surface area contributed by atoms with Gasteiger partial charge in [-0.05, 0) is 54.5 Å². The molecule has 5 rings (SSSR count). The molecule has 158 valence electrons. The van der Waals surface area contributed by atoms with Crippen LogP contribution in [-0.2, 0) is 16.0 Å². The van der Waals surface area contributed by atoms with E-state index in [1.54, 1.807) is 18.2 Å². The minimum Gasteiger partial charge on any atom is -0.379 e. The summed E-state index contributed by atoms with van der Waals surface area (Å²) >= 11 is 0. The van der Waals surface area contributed by atoms with E-state index in [-0.39, 0.29) is 58.4 Å². The van der Waals surface area contributed by atoms with Crippen LogP contribution in [0.1, 0.15) is 12.0 Å². The number of fused-ring (bicyclic) bond motifs is 5. The highest BCUT2D eigenvalue weighted by atomic mass is 19.1. The number of carbonyl (C=O) groups is 2. The smallest absolute Gasteiger partial charge is 0.294 e. The normalized spacial score (nSPS) is 25.9. The zero-order valence-corrected chi connectivity index (χ0v) is 16.5. The monoisotopic (exact) mass is 421 g/mol. The molecule has 0 radical (unpaired) electrons. The lowest BCUT2D eigenvalue weighted by Crippen LogP contribution is -2.32. The van der Waals surface area contributed by atoms with E-state index in [1.165, 1.54) is 24.3 Å². The number of nitrogens with zero attached hydrogens (tertiary/aromatic N) is 2. The highest BCUT2D eigenvalue weighted by Gasteiger charge is 2.59. The number of imide groups is 1. The summed E-state index contributed by atoms with van der Waals surface area (Å²) in [5, 5.41) is 14.7. The van der Waals surface area contributed by atoms with Gasteiger partial charge in [-0.15, -0.1) is 0 Å². The fraction of sp³-hybridized carbons (Fsp3) is 0.304. The van der Waals surface area contributed by atoms with Gasteiger partial charge in [0, 0.05) is 12.6 Å². The van der Waals surface area contributed by atoms with Crippen LogP contribution in [0.5, 0.6) is 0 Å². The number of hydrogen-bond acceptors (Lipinski definition) is 5. The molecule has 2 fully saturated rings. The van der Waals surface area contributed by atoms with Gasteiger partial charge in [0.25, 0.3) is 5.69 Å². The van der Waals surface area contributed by atoms with Crippen molar-refractivity contribution in [1.29, 1.82) is 0 Å². The van der Waals surface area contributed by atoms with Gasteiger partial charge in [0.1, 0.15) is 11.5 Å². The largest absolute Gasteiger partial charge is 0.379 e. The maximum absolute atomic E-state index is 13.3. The number of benzene rings is 2. The van der Waals surface area contributed by atoms with E-state index in [2.05, 4.69) is 5.32 Å². The SMILES string of the molecule is O=C1[C@@H]2[C@@H](C(=O)N1c1ccc(NCCc3cccc(F)c3)c([N+](=O)[O-])c1)[C@H]1C=C[C@H]2C1. The Bertz CT molecular complexity index is 1100. The molecule has 1 aliphatic heterocycles. The van der Waals surface area contributed by atoms with Crippen LogP contribution in [0, 0.1) is 39.6 Å². The molecule has 8 heteroatoms. The number of allylic oxidation sites excluding steroid dienone is 2. The lowest BCUT2D eigenvalue weighted by Gasteiger charge is -2.18. The Kier molecular flexibility index (Phi) is 4.57. The van der Waals surface area contributed by atoms with E-state index >= 15 is 0 Å². The number of hydrogen-bond donors (Lipinski definition) is 1. The van der Waals surface area contributed by atoms with Crippen LogP contribution >= 0.6 is 0 Å². The van der Waals surface area contributed by atoms with Crippen molar-refractivity contribution in [3.63, 3.8) is 0 Å². The summed E-state index contributed by atoms with van der Waals surface area (Å²) in [7, 11) is 0. The Morgan fingerprint density at radius 2 is 1.77 bits per heavy atom. The van der Waals surface area contributed by atoms with E-state index in [1.807, 2.05) is 12.2 Å². The number of halogens is 1. The van der Waals surface area contributed by atoms with E-state index in [4.69, 9.17) is 0 Å². The topological polar surface area (TPSA) is 92.6 Å². The minimum absolute atomic E-state index is 0.0789. The van der Waals surface area contributed by atoms with Crippen molar-refractivity contribution in [2.75, 3.05) is 16.8 Å². The Balaban J connectivity index is 1.36. The van der Waals surface area contributed by atoms with Crippen LogP contribution in [0.2, 0.25) is 0 Å². The quantitative estimate of drug-likeness (QED) is 0.332. The molecule has 1 N–H and O–H groups in total. The molecule has 2 aliphatic carbocycles. The molecule has 7 nitrogen and oxygen atoms in total. The van der Waals surface area contributed by atoms with Crippen molar-refractivity contribution in [3.05, 3.63) is 76.1 Å². The second kappa shape index (κ2) is 7.30. The molecule has 1 heterocycles. The highest BCUT2D eigenvalue weighted by molar-refractivity contribution is 6.23. The third kappa shape index (κ3) is 3.19. The standard InChI is InChI=1S/C23H20FN3O4/c24-16-3-1-2-13(10-16)8-9-25-18-7-6-17(12-19(18)27(30)31)26-22(28)20-14-4-5-15(11-14)21(20)23(26)29/h1-7,10,12,14-15,20-21,25H,8-9,11H2/t14-,15-,20-,21-/m0/s1. The van der Waals surface area contributed by atoms with Crippen LogP contribution in [0.3, 0.4) is 0 Å². The maximum atomic E-state index is 13.3. The molecule has 4 atom stereocenters. The van der Waals surface area contributed by atoms with Gasteiger partial charge in [0.2, 0.25) is 11.8 Å². The molecule has 1 saturated carbocycles. The first kappa shape index (κ1) is 19.4. The number of carbonyl (C=O) groups excluding carboxylic acids is 2. The van der Waals surface area contributed by atoms with Crippen LogP contribution in [0.15, 0.2) is 54.6 Å². The zero-order chi connectivity index (χ0) is 21.7. The molecule has 2 aromatic rings. The molecule has 3 aliphatic rings. The third-order valence-corrected chi connectivity index (χ3v) is 6.52. The summed E-state index contributed by atoms with van der Waals surface area (Å²) in [6.45, 7) is 0.365. The number of amides is 2. The van der Waals surface area contributed by atoms with Crippen LogP contribution in [0.4, 0.5) is 21.5 Å². The molecule has 2 bridgehead atoms. The minimum atomic E-state index is -0.537. The van der Waals surface area contributed by atoms with Gasteiger partial charge in [-0.25, -0.2) is 9.29 Å². The second-order valence-electron chi connectivity index (χ2n) is 8.28. The molecule has 2 amide bonds. The number of rotatable bonds is 6. The molecule has 0 spiro atoms. The Labute approximate surface area is 177 Å². The summed E-state index contributed by atoms with van der Waals surface area (Å²) in [5.74, 6) is -1.43. The maximum Gasteiger partial charge on any atom is 0.294 e. The number of anilines is 2. The molecule has 0 aromatic heterocycles. The van der Waals surface area contributed by atoms with Crippen molar-refractivity contribution in [2.24, 2.45) is 23.7 Å². The van der Waals surface area contributed by atoms with Gasteiger partial charge in [-0.3, -0.25) is 19.7 Å². The van der Waals surface area contributed by atoms with Gasteiger partial charge in [-0.2, -0.15) is 0 Å². The molecular weight excluding hydrogens is 401 g/mol. The van der Waals surface area contributed by atoms with Gasteiger partial charge >= 0.3 is 0 Å². The lowest BCUT2D eigenvalue weighted by molar-refractivity contribution is -0.383. The number of nitro groups is 1. The number of nitrogens with one attached hydrogen (secondary N) is 1. The predicted octanol–water partition coefficient (Wildman–Crippen LogP) is 3.70. The lowest BCUT2D eigenvalue weighted by atomic mass is 9.85. The van der Waals surface area contributed by atoms with Gasteiger partial charge in [0.05, 0.1) is 22.4 Å². The van der Waals surface area contributed by atoms with E-state index in [0.29, 0.717) is 13.0 Å². The van der Waals surface area contributed by atoms with Crippen molar-refractivity contribution in [1.82, 2.24) is 0 Å². The first-order chi connectivity index (χ1) is 14.9. The summed E-state index contributed by atoms with van der Waals surface area (Å²) in [4.78, 5) is 38.2. The summed E-state index contributed by atoms with van der Waals surface area (Å²) in [5.41, 5.74) is 1.07. The molecule has 31 heavy (non-hydrogen) atoms. The van der Waals surface area contributed by atoms with Crippen LogP contribution in [0.25, 0.3) is 0 Å². The molecule has 0 unspecified atom stereocenters. The fourth-order valence-electron chi connectivity index (χ4n) is 5.15. The molecule has 2 aromatic carbocycles. The van der Waals surface area contributed by atoms with Crippen molar-refractivity contribution in [2.45, 2.75) is 12.8 Å². The van der Waals surface area contributed by atoms with Gasteiger partial charge in [-0.1, -0.05) is 24.3 Å². The second-order valence-corrected chi connectivity index (χ2v) is 8.28. The van der Waals surface area contributed by atoms with Crippen LogP contribution < -0.4 is 10.2 Å². The Hall–Kier alpha value is -3.55. The van der Waals surface area contributed by atoms with Crippen LogP contribution in [-0.4, -0.2) is 23.3 Å². The first-order valence-corrected chi connectivity index (χ1v) is 10.3. The van der Waals surface area contributed by atoms with E-state index in [0.717, 1.165) is 16.9 Å². The highest BCUT2D eigenvalue weighted by Crippen LogP contribution is 2.53. The van der Waals surface area contributed by atoms with Gasteiger partial charge in [0.15, 0.2) is 0 Å². The van der Waals surface area contributed by atoms with E-state index < -0.39 is 4.92 Å².